The minimum atomic E-state index is -3.76. The van der Waals surface area contributed by atoms with Gasteiger partial charge in [0.05, 0.1) is 30.3 Å². The first-order valence-corrected chi connectivity index (χ1v) is 11.9. The van der Waals surface area contributed by atoms with Crippen LogP contribution in [0.2, 0.25) is 0 Å². The van der Waals surface area contributed by atoms with Crippen LogP contribution in [0.3, 0.4) is 0 Å². The average Bonchev–Trinajstić information content (AvgIpc) is 3.28. The molecule has 1 fully saturated rings. The second-order valence-electron chi connectivity index (χ2n) is 7.47. The summed E-state index contributed by atoms with van der Waals surface area (Å²) in [6.07, 6.45) is 2.97. The number of para-hydroxylation sites is 1. The lowest BCUT2D eigenvalue weighted by Crippen LogP contribution is -2.45. The van der Waals surface area contributed by atoms with E-state index in [1.54, 1.807) is 53.4 Å². The Morgan fingerprint density at radius 2 is 1.68 bits per heavy atom. The summed E-state index contributed by atoms with van der Waals surface area (Å²) in [5, 5.41) is 2.74. The van der Waals surface area contributed by atoms with Crippen molar-refractivity contribution in [2.45, 2.75) is 25.8 Å². The summed E-state index contributed by atoms with van der Waals surface area (Å²) < 4.78 is 31.1. The number of carbonyl (C=O) groups is 2. The highest BCUT2D eigenvalue weighted by Crippen LogP contribution is 2.25. The zero-order chi connectivity index (χ0) is 22.6. The molecule has 31 heavy (non-hydrogen) atoms. The Morgan fingerprint density at radius 1 is 1.06 bits per heavy atom. The third-order valence-electron chi connectivity index (χ3n) is 5.22. The fourth-order valence-electron chi connectivity index (χ4n) is 3.64. The average molecular weight is 446 g/mol. The van der Waals surface area contributed by atoms with E-state index in [1.807, 2.05) is 0 Å². The SMILES string of the molecule is COc1ccc(N(C(C)C(=O)Nc2ccccc2C(=O)N2CCCC2)S(C)(=O)=O)cc1. The summed E-state index contributed by atoms with van der Waals surface area (Å²) in [6, 6.07) is 12.1. The van der Waals surface area contributed by atoms with Gasteiger partial charge in [-0.15, -0.1) is 0 Å². The Balaban J connectivity index is 1.85. The highest BCUT2D eigenvalue weighted by molar-refractivity contribution is 7.92. The topological polar surface area (TPSA) is 96.0 Å². The number of nitrogens with one attached hydrogen (secondary N) is 1. The van der Waals surface area contributed by atoms with Gasteiger partial charge in [0.2, 0.25) is 15.9 Å². The molecule has 0 radical (unpaired) electrons. The number of methoxy groups -OCH3 is 1. The number of benzene rings is 2. The maximum Gasteiger partial charge on any atom is 0.255 e. The zero-order valence-electron chi connectivity index (χ0n) is 17.9. The first-order chi connectivity index (χ1) is 14.7. The summed E-state index contributed by atoms with van der Waals surface area (Å²) in [6.45, 7) is 2.89. The first-order valence-electron chi connectivity index (χ1n) is 10.0. The number of hydrogen-bond donors (Lipinski definition) is 1. The van der Waals surface area contributed by atoms with Crippen LogP contribution >= 0.6 is 0 Å². The van der Waals surface area contributed by atoms with Crippen molar-refractivity contribution in [2.24, 2.45) is 0 Å². The smallest absolute Gasteiger partial charge is 0.255 e. The summed E-state index contributed by atoms with van der Waals surface area (Å²) in [5.41, 5.74) is 1.09. The van der Waals surface area contributed by atoms with Crippen LogP contribution < -0.4 is 14.4 Å². The standard InChI is InChI=1S/C22H27N3O5S/c1-16(25(31(3,28)29)17-10-12-18(30-2)13-11-17)21(26)23-20-9-5-4-8-19(20)22(27)24-14-6-7-15-24/h4-5,8-13,16H,6-7,14-15H2,1-3H3,(H,23,26). The van der Waals surface area contributed by atoms with Crippen molar-refractivity contribution in [2.75, 3.05) is 36.1 Å². The van der Waals surface area contributed by atoms with Crippen LogP contribution in [0.5, 0.6) is 5.75 Å². The Bertz CT molecular complexity index is 1050. The molecule has 1 atom stereocenters. The predicted octanol–water partition coefficient (Wildman–Crippen LogP) is 2.72. The van der Waals surface area contributed by atoms with Crippen LogP contribution in [0.25, 0.3) is 0 Å². The molecular weight excluding hydrogens is 418 g/mol. The number of sulfonamides is 1. The van der Waals surface area contributed by atoms with E-state index in [2.05, 4.69) is 5.32 Å². The number of anilines is 2. The van der Waals surface area contributed by atoms with Crippen LogP contribution in [0.15, 0.2) is 48.5 Å². The van der Waals surface area contributed by atoms with E-state index < -0.39 is 22.0 Å². The normalized spacial score (nSPS) is 14.7. The molecule has 0 saturated carbocycles. The molecule has 0 aliphatic carbocycles. The number of carbonyl (C=O) groups excluding carboxylic acids is 2. The summed E-state index contributed by atoms with van der Waals surface area (Å²) >= 11 is 0. The van der Waals surface area contributed by atoms with Gasteiger partial charge in [0.15, 0.2) is 0 Å². The maximum absolute atomic E-state index is 13.0. The van der Waals surface area contributed by atoms with E-state index in [4.69, 9.17) is 4.74 Å². The molecule has 0 bridgehead atoms. The quantitative estimate of drug-likeness (QED) is 0.707. The van der Waals surface area contributed by atoms with Crippen molar-refractivity contribution >= 4 is 33.2 Å². The van der Waals surface area contributed by atoms with E-state index in [0.717, 1.165) is 23.4 Å². The van der Waals surface area contributed by atoms with Crippen molar-refractivity contribution in [3.8, 4) is 5.75 Å². The minimum Gasteiger partial charge on any atom is -0.497 e. The molecule has 0 spiro atoms. The molecule has 1 saturated heterocycles. The second kappa shape index (κ2) is 9.38. The van der Waals surface area contributed by atoms with Crippen LogP contribution in [0, 0.1) is 0 Å². The van der Waals surface area contributed by atoms with Crippen LogP contribution in [0.1, 0.15) is 30.1 Å². The lowest BCUT2D eigenvalue weighted by Gasteiger charge is -2.28. The number of ether oxygens (including phenoxy) is 1. The van der Waals surface area contributed by atoms with E-state index >= 15 is 0 Å². The van der Waals surface area contributed by atoms with E-state index in [0.29, 0.717) is 35.8 Å². The van der Waals surface area contributed by atoms with E-state index in [1.165, 1.54) is 14.0 Å². The Hall–Kier alpha value is -3.07. The Kier molecular flexibility index (Phi) is 6.84. The molecule has 3 rings (SSSR count). The third-order valence-corrected chi connectivity index (χ3v) is 6.47. The molecule has 2 aromatic rings. The summed E-state index contributed by atoms with van der Waals surface area (Å²) in [5.74, 6) is -0.109. The molecule has 2 amide bonds. The van der Waals surface area contributed by atoms with Crippen LogP contribution in [-0.2, 0) is 14.8 Å². The Labute approximate surface area is 182 Å². The molecular formula is C22H27N3O5S. The molecule has 1 N–H and O–H groups in total. The van der Waals surface area contributed by atoms with E-state index in [9.17, 15) is 18.0 Å². The molecule has 8 nitrogen and oxygen atoms in total. The monoisotopic (exact) mass is 445 g/mol. The maximum atomic E-state index is 13.0. The van der Waals surface area contributed by atoms with Crippen molar-refractivity contribution < 1.29 is 22.7 Å². The number of hydrogen-bond acceptors (Lipinski definition) is 5. The lowest BCUT2D eigenvalue weighted by atomic mass is 10.1. The van der Waals surface area contributed by atoms with Crippen molar-refractivity contribution in [1.29, 1.82) is 0 Å². The van der Waals surface area contributed by atoms with Gasteiger partial charge >= 0.3 is 0 Å². The van der Waals surface area contributed by atoms with Gasteiger partial charge in [-0.25, -0.2) is 8.42 Å². The highest BCUT2D eigenvalue weighted by atomic mass is 32.2. The number of nitrogens with zero attached hydrogens (tertiary/aromatic N) is 2. The van der Waals surface area contributed by atoms with Crippen molar-refractivity contribution in [3.05, 3.63) is 54.1 Å². The minimum absolute atomic E-state index is 0.142. The second-order valence-corrected chi connectivity index (χ2v) is 9.33. The largest absolute Gasteiger partial charge is 0.497 e. The van der Waals surface area contributed by atoms with Crippen LogP contribution in [-0.4, -0.2) is 57.6 Å². The van der Waals surface area contributed by atoms with Gasteiger partial charge in [-0.2, -0.15) is 0 Å². The molecule has 9 heteroatoms. The number of rotatable bonds is 7. The zero-order valence-corrected chi connectivity index (χ0v) is 18.7. The fraction of sp³-hybridized carbons (Fsp3) is 0.364. The van der Waals surface area contributed by atoms with Crippen molar-refractivity contribution in [3.63, 3.8) is 0 Å². The lowest BCUT2D eigenvalue weighted by molar-refractivity contribution is -0.116. The summed E-state index contributed by atoms with van der Waals surface area (Å²) in [4.78, 5) is 27.6. The van der Waals surface area contributed by atoms with Crippen molar-refractivity contribution in [1.82, 2.24) is 4.90 Å². The fourth-order valence-corrected chi connectivity index (χ4v) is 4.82. The molecule has 1 heterocycles. The van der Waals surface area contributed by atoms with Crippen LogP contribution in [0.4, 0.5) is 11.4 Å². The molecule has 166 valence electrons. The number of amides is 2. The van der Waals surface area contributed by atoms with Gasteiger partial charge in [0.25, 0.3) is 5.91 Å². The molecule has 1 aliphatic rings. The van der Waals surface area contributed by atoms with E-state index in [-0.39, 0.29) is 5.91 Å². The highest BCUT2D eigenvalue weighted by Gasteiger charge is 2.30. The first kappa shape index (κ1) is 22.6. The Morgan fingerprint density at radius 3 is 2.26 bits per heavy atom. The van der Waals surface area contributed by atoms with Gasteiger partial charge in [-0.1, -0.05) is 12.1 Å². The number of likely N-dealkylation sites (tertiary alicyclic amines) is 1. The predicted molar refractivity (Wildman–Crippen MR) is 120 cm³/mol. The van der Waals surface area contributed by atoms with Gasteiger partial charge in [-0.05, 0) is 56.2 Å². The third kappa shape index (κ3) is 5.16. The van der Waals surface area contributed by atoms with Gasteiger partial charge in [0.1, 0.15) is 11.8 Å². The van der Waals surface area contributed by atoms with Gasteiger partial charge in [-0.3, -0.25) is 13.9 Å². The van der Waals surface area contributed by atoms with Gasteiger partial charge in [0, 0.05) is 13.1 Å². The molecule has 1 unspecified atom stereocenters. The molecule has 2 aromatic carbocycles. The molecule has 1 aliphatic heterocycles. The summed E-state index contributed by atoms with van der Waals surface area (Å²) in [7, 11) is -2.24. The molecule has 0 aromatic heterocycles. The van der Waals surface area contributed by atoms with Gasteiger partial charge < -0.3 is 15.0 Å².